The number of ketones is 1. The molecule has 78 valence electrons. The fourth-order valence-electron chi connectivity index (χ4n) is 2.59. The smallest absolute Gasteiger partial charge is 0.140 e. The lowest BCUT2D eigenvalue weighted by molar-refractivity contribution is -0.118. The van der Waals surface area contributed by atoms with Crippen LogP contribution < -0.4 is 4.74 Å². The first-order valence-electron chi connectivity index (χ1n) is 5.63. The van der Waals surface area contributed by atoms with Crippen molar-refractivity contribution < 1.29 is 9.53 Å². The van der Waals surface area contributed by atoms with E-state index in [2.05, 4.69) is 12.1 Å². The minimum absolute atomic E-state index is 0.163. The van der Waals surface area contributed by atoms with Crippen molar-refractivity contribution in [1.82, 2.24) is 0 Å². The molecule has 1 unspecified atom stereocenters. The van der Waals surface area contributed by atoms with E-state index in [0.717, 1.165) is 38.0 Å². The summed E-state index contributed by atoms with van der Waals surface area (Å²) in [4.78, 5) is 11.6. The number of Topliss-reactive ketones (excluding diaryl/α,β-unsaturated/α-hetero) is 1. The molecule has 0 radical (unpaired) electrons. The third kappa shape index (κ3) is 1.44. The highest BCUT2D eigenvalue weighted by atomic mass is 16.5. The lowest BCUT2D eigenvalue weighted by atomic mass is 9.94. The van der Waals surface area contributed by atoms with Crippen molar-refractivity contribution >= 4 is 5.78 Å². The summed E-state index contributed by atoms with van der Waals surface area (Å²) in [7, 11) is 0. The van der Waals surface area contributed by atoms with Gasteiger partial charge in [0.15, 0.2) is 0 Å². The Morgan fingerprint density at radius 2 is 2.20 bits per heavy atom. The summed E-state index contributed by atoms with van der Waals surface area (Å²) in [5.74, 6) is 1.58. The van der Waals surface area contributed by atoms with Gasteiger partial charge in [-0.15, -0.1) is 0 Å². The van der Waals surface area contributed by atoms with Gasteiger partial charge in [-0.05, 0) is 30.0 Å². The van der Waals surface area contributed by atoms with Crippen LogP contribution in [0.1, 0.15) is 36.3 Å². The lowest BCUT2D eigenvalue weighted by Gasteiger charge is -2.09. The molecule has 0 N–H and O–H groups in total. The highest BCUT2D eigenvalue weighted by Gasteiger charge is 2.26. The zero-order valence-corrected chi connectivity index (χ0v) is 8.66. The van der Waals surface area contributed by atoms with E-state index in [9.17, 15) is 4.79 Å². The summed E-state index contributed by atoms with van der Waals surface area (Å²) >= 11 is 0. The monoisotopic (exact) mass is 202 g/mol. The topological polar surface area (TPSA) is 26.3 Å². The van der Waals surface area contributed by atoms with Crippen LogP contribution in [-0.2, 0) is 11.2 Å². The molecule has 0 bridgehead atoms. The molecule has 1 saturated carbocycles. The summed E-state index contributed by atoms with van der Waals surface area (Å²) in [6, 6.07) is 6.23. The van der Waals surface area contributed by atoms with Gasteiger partial charge in [0.05, 0.1) is 6.61 Å². The van der Waals surface area contributed by atoms with Crippen LogP contribution in [0.4, 0.5) is 0 Å². The first kappa shape index (κ1) is 8.96. The van der Waals surface area contributed by atoms with Crippen molar-refractivity contribution in [2.45, 2.75) is 31.6 Å². The first-order chi connectivity index (χ1) is 7.34. The number of hydrogen-bond donors (Lipinski definition) is 0. The first-order valence-corrected chi connectivity index (χ1v) is 5.63. The second-order valence-corrected chi connectivity index (χ2v) is 4.38. The molecule has 2 aliphatic rings. The fraction of sp³-hybridized carbons (Fsp3) is 0.462. The van der Waals surface area contributed by atoms with Crippen molar-refractivity contribution in [1.29, 1.82) is 0 Å². The molecule has 0 saturated heterocycles. The summed E-state index contributed by atoms with van der Waals surface area (Å²) in [6.07, 6.45) is 3.83. The summed E-state index contributed by atoms with van der Waals surface area (Å²) < 4.78 is 5.46. The highest BCUT2D eigenvalue weighted by molar-refractivity contribution is 5.87. The number of carbonyl (C=O) groups excluding carboxylic acids is 1. The molecule has 2 heteroatoms. The normalized spacial score (nSPS) is 24.0. The number of carbonyl (C=O) groups is 1. The molecule has 1 heterocycles. The molecule has 1 aromatic rings. The van der Waals surface area contributed by atoms with Crippen molar-refractivity contribution in [2.75, 3.05) is 6.61 Å². The van der Waals surface area contributed by atoms with Gasteiger partial charge in [-0.25, -0.2) is 0 Å². The molecule has 2 nitrogen and oxygen atoms in total. The molecular weight excluding hydrogens is 188 g/mol. The number of hydrogen-bond acceptors (Lipinski definition) is 2. The largest absolute Gasteiger partial charge is 0.493 e. The van der Waals surface area contributed by atoms with Gasteiger partial charge in [0.25, 0.3) is 0 Å². The lowest BCUT2D eigenvalue weighted by Crippen LogP contribution is -2.04. The summed E-state index contributed by atoms with van der Waals surface area (Å²) in [6.45, 7) is 0.789. The van der Waals surface area contributed by atoms with Crippen molar-refractivity contribution in [3.63, 3.8) is 0 Å². The minimum Gasteiger partial charge on any atom is -0.493 e. The Labute approximate surface area is 89.2 Å². The third-order valence-electron chi connectivity index (χ3n) is 3.42. The van der Waals surface area contributed by atoms with E-state index in [1.807, 2.05) is 6.07 Å². The Morgan fingerprint density at radius 3 is 3.00 bits per heavy atom. The number of benzene rings is 1. The molecule has 0 spiro atoms. The number of fused-ring (bicyclic) bond motifs is 1. The second-order valence-electron chi connectivity index (χ2n) is 4.38. The summed E-state index contributed by atoms with van der Waals surface area (Å²) in [5.41, 5.74) is 2.47. The van der Waals surface area contributed by atoms with Crippen LogP contribution >= 0.6 is 0 Å². The quantitative estimate of drug-likeness (QED) is 0.699. The Kier molecular flexibility index (Phi) is 2.01. The van der Waals surface area contributed by atoms with Crippen molar-refractivity contribution in [2.24, 2.45) is 0 Å². The minimum atomic E-state index is 0.163. The van der Waals surface area contributed by atoms with E-state index in [-0.39, 0.29) is 5.92 Å². The van der Waals surface area contributed by atoms with Crippen LogP contribution in [0.15, 0.2) is 18.2 Å². The van der Waals surface area contributed by atoms with Crippen LogP contribution in [0.25, 0.3) is 0 Å². The van der Waals surface area contributed by atoms with Gasteiger partial charge in [-0.3, -0.25) is 4.79 Å². The summed E-state index contributed by atoms with van der Waals surface area (Å²) in [5, 5.41) is 0. The number of rotatable bonds is 1. The van der Waals surface area contributed by atoms with Crippen LogP contribution in [-0.4, -0.2) is 12.4 Å². The van der Waals surface area contributed by atoms with E-state index in [4.69, 9.17) is 4.74 Å². The Balaban J connectivity index is 1.95. The van der Waals surface area contributed by atoms with E-state index >= 15 is 0 Å². The average molecular weight is 202 g/mol. The van der Waals surface area contributed by atoms with Crippen LogP contribution in [0.3, 0.4) is 0 Å². The van der Waals surface area contributed by atoms with Crippen LogP contribution in [0.2, 0.25) is 0 Å². The predicted octanol–water partition coefficient (Wildman–Crippen LogP) is 2.46. The SMILES string of the molecule is O=C1CCCC1c1ccc2c(c1)CCO2. The molecule has 15 heavy (non-hydrogen) atoms. The molecule has 0 aromatic heterocycles. The molecular formula is C13H14O2. The number of ether oxygens (including phenoxy) is 1. The van der Waals surface area contributed by atoms with E-state index in [0.29, 0.717) is 5.78 Å². The van der Waals surface area contributed by atoms with E-state index in [1.165, 1.54) is 11.1 Å². The van der Waals surface area contributed by atoms with Crippen LogP contribution in [0.5, 0.6) is 5.75 Å². The van der Waals surface area contributed by atoms with Gasteiger partial charge in [-0.2, -0.15) is 0 Å². The maximum Gasteiger partial charge on any atom is 0.140 e. The van der Waals surface area contributed by atoms with Gasteiger partial charge in [0.2, 0.25) is 0 Å². The predicted molar refractivity (Wildman–Crippen MR) is 57.2 cm³/mol. The zero-order chi connectivity index (χ0) is 10.3. The standard InChI is InChI=1S/C13H14O2/c14-12-3-1-2-11(12)9-4-5-13-10(8-9)6-7-15-13/h4-5,8,11H,1-3,6-7H2. The molecule has 3 rings (SSSR count). The van der Waals surface area contributed by atoms with E-state index in [1.54, 1.807) is 0 Å². The van der Waals surface area contributed by atoms with Gasteiger partial charge in [-0.1, -0.05) is 12.1 Å². The second kappa shape index (κ2) is 3.37. The molecule has 1 aromatic carbocycles. The zero-order valence-electron chi connectivity index (χ0n) is 8.66. The maximum absolute atomic E-state index is 11.6. The van der Waals surface area contributed by atoms with Gasteiger partial charge in [0, 0.05) is 18.8 Å². The molecule has 1 fully saturated rings. The van der Waals surface area contributed by atoms with Crippen molar-refractivity contribution in [3.05, 3.63) is 29.3 Å². The Hall–Kier alpha value is -1.31. The van der Waals surface area contributed by atoms with Crippen LogP contribution in [0, 0.1) is 0 Å². The molecule has 1 aliphatic heterocycles. The van der Waals surface area contributed by atoms with Gasteiger partial charge < -0.3 is 4.74 Å². The molecule has 1 atom stereocenters. The third-order valence-corrected chi connectivity index (χ3v) is 3.42. The maximum atomic E-state index is 11.6. The van der Waals surface area contributed by atoms with E-state index < -0.39 is 0 Å². The van der Waals surface area contributed by atoms with Gasteiger partial charge in [0.1, 0.15) is 11.5 Å². The molecule has 1 aliphatic carbocycles. The van der Waals surface area contributed by atoms with Gasteiger partial charge >= 0.3 is 0 Å². The fourth-order valence-corrected chi connectivity index (χ4v) is 2.59. The highest BCUT2D eigenvalue weighted by Crippen LogP contribution is 2.34. The Morgan fingerprint density at radius 1 is 1.27 bits per heavy atom. The average Bonchev–Trinajstić information content (AvgIpc) is 2.84. The Bertz CT molecular complexity index is 409. The molecule has 0 amide bonds. The van der Waals surface area contributed by atoms with Crippen molar-refractivity contribution in [3.8, 4) is 5.75 Å².